The second-order valence-corrected chi connectivity index (χ2v) is 7.22. The summed E-state index contributed by atoms with van der Waals surface area (Å²) in [6.07, 6.45) is 1.95. The fourth-order valence-corrected chi connectivity index (χ4v) is 3.86. The van der Waals surface area contributed by atoms with Gasteiger partial charge >= 0.3 is 0 Å². The molecule has 1 aliphatic rings. The van der Waals surface area contributed by atoms with Crippen LogP contribution in [0.15, 0.2) is 48.8 Å². The van der Waals surface area contributed by atoms with E-state index in [9.17, 15) is 0 Å². The molecular formula is C22H28N4O2. The Bertz CT molecular complexity index is 916. The van der Waals surface area contributed by atoms with Gasteiger partial charge in [-0.1, -0.05) is 12.1 Å². The van der Waals surface area contributed by atoms with Gasteiger partial charge in [-0.05, 0) is 30.3 Å². The number of piperazine rings is 1. The molecule has 2 heterocycles. The predicted molar refractivity (Wildman–Crippen MR) is 111 cm³/mol. The average molecular weight is 380 g/mol. The van der Waals surface area contributed by atoms with Crippen LogP contribution < -0.4 is 9.47 Å². The maximum Gasteiger partial charge on any atom is 0.123 e. The van der Waals surface area contributed by atoms with Crippen LogP contribution in [0.2, 0.25) is 0 Å². The fraction of sp³-hybridized carbons (Fsp3) is 0.409. The van der Waals surface area contributed by atoms with Gasteiger partial charge in [-0.15, -0.1) is 0 Å². The van der Waals surface area contributed by atoms with Crippen LogP contribution in [-0.4, -0.2) is 66.3 Å². The Hall–Kier alpha value is -2.57. The minimum Gasteiger partial charge on any atom is -0.497 e. The van der Waals surface area contributed by atoms with Crippen LogP contribution in [0.5, 0.6) is 11.5 Å². The Morgan fingerprint density at radius 2 is 1.68 bits per heavy atom. The second kappa shape index (κ2) is 8.63. The molecule has 3 aromatic rings. The molecule has 2 aromatic carbocycles. The third kappa shape index (κ3) is 4.13. The monoisotopic (exact) mass is 380 g/mol. The van der Waals surface area contributed by atoms with Gasteiger partial charge in [-0.3, -0.25) is 9.80 Å². The number of methoxy groups -OCH3 is 2. The highest BCUT2D eigenvalue weighted by Gasteiger charge is 2.18. The van der Waals surface area contributed by atoms with Crippen molar-refractivity contribution in [1.29, 1.82) is 0 Å². The third-order valence-electron chi connectivity index (χ3n) is 5.53. The van der Waals surface area contributed by atoms with Crippen molar-refractivity contribution in [2.24, 2.45) is 0 Å². The molecule has 1 fully saturated rings. The smallest absolute Gasteiger partial charge is 0.123 e. The van der Waals surface area contributed by atoms with Gasteiger partial charge < -0.3 is 14.0 Å². The number of para-hydroxylation sites is 2. The SMILES string of the molecule is COc1ccc(OC)c(CN2CCN(CCn3cnc4ccccc43)CC2)c1. The van der Waals surface area contributed by atoms with Crippen LogP contribution in [0.1, 0.15) is 5.56 Å². The number of hydrogen-bond acceptors (Lipinski definition) is 5. The van der Waals surface area contributed by atoms with E-state index >= 15 is 0 Å². The Kier molecular flexibility index (Phi) is 5.78. The Labute approximate surface area is 166 Å². The largest absolute Gasteiger partial charge is 0.497 e. The summed E-state index contributed by atoms with van der Waals surface area (Å²) in [5.74, 6) is 1.80. The van der Waals surface area contributed by atoms with Crippen LogP contribution in [0.25, 0.3) is 11.0 Å². The molecule has 1 aromatic heterocycles. The van der Waals surface area contributed by atoms with Gasteiger partial charge in [0.05, 0.1) is 31.6 Å². The van der Waals surface area contributed by atoms with Crippen molar-refractivity contribution in [3.63, 3.8) is 0 Å². The summed E-state index contributed by atoms with van der Waals surface area (Å²) in [5, 5.41) is 0. The molecule has 0 atom stereocenters. The number of aromatic nitrogens is 2. The maximum atomic E-state index is 5.52. The van der Waals surface area contributed by atoms with E-state index in [0.717, 1.165) is 62.8 Å². The van der Waals surface area contributed by atoms with E-state index < -0.39 is 0 Å². The van der Waals surface area contributed by atoms with E-state index in [4.69, 9.17) is 9.47 Å². The predicted octanol–water partition coefficient (Wildman–Crippen LogP) is 2.87. The molecule has 0 N–H and O–H groups in total. The molecule has 0 radical (unpaired) electrons. The Morgan fingerprint density at radius 3 is 2.46 bits per heavy atom. The van der Waals surface area contributed by atoms with Crippen LogP contribution in [0.4, 0.5) is 0 Å². The lowest BCUT2D eigenvalue weighted by molar-refractivity contribution is 0.123. The van der Waals surface area contributed by atoms with E-state index in [1.54, 1.807) is 14.2 Å². The van der Waals surface area contributed by atoms with Crippen molar-refractivity contribution in [3.8, 4) is 11.5 Å². The summed E-state index contributed by atoms with van der Waals surface area (Å²) < 4.78 is 13.1. The number of fused-ring (bicyclic) bond motifs is 1. The topological polar surface area (TPSA) is 42.8 Å². The number of rotatable bonds is 7. The van der Waals surface area contributed by atoms with Gasteiger partial charge in [0, 0.05) is 51.4 Å². The Morgan fingerprint density at radius 1 is 0.893 bits per heavy atom. The molecule has 1 saturated heterocycles. The van der Waals surface area contributed by atoms with E-state index in [1.165, 1.54) is 11.1 Å². The van der Waals surface area contributed by atoms with Crippen LogP contribution in [-0.2, 0) is 13.1 Å². The lowest BCUT2D eigenvalue weighted by Crippen LogP contribution is -2.46. The molecule has 0 unspecified atom stereocenters. The highest BCUT2D eigenvalue weighted by molar-refractivity contribution is 5.74. The minimum atomic E-state index is 0.877. The van der Waals surface area contributed by atoms with Gasteiger partial charge in [0.2, 0.25) is 0 Å². The zero-order valence-corrected chi connectivity index (χ0v) is 16.7. The summed E-state index contributed by atoms with van der Waals surface area (Å²) in [4.78, 5) is 9.51. The molecule has 148 valence electrons. The van der Waals surface area contributed by atoms with Crippen molar-refractivity contribution in [2.75, 3.05) is 46.9 Å². The summed E-state index contributed by atoms with van der Waals surface area (Å²) in [6, 6.07) is 14.3. The van der Waals surface area contributed by atoms with Gasteiger partial charge in [0.1, 0.15) is 11.5 Å². The fourth-order valence-electron chi connectivity index (χ4n) is 3.86. The standard InChI is InChI=1S/C22H28N4O2/c1-27-19-7-8-22(28-2)18(15-19)16-25-11-9-24(10-12-25)13-14-26-17-23-20-5-3-4-6-21(20)26/h3-8,15,17H,9-14,16H2,1-2H3. The molecule has 0 amide bonds. The minimum absolute atomic E-state index is 0.877. The average Bonchev–Trinajstić information content (AvgIpc) is 3.16. The van der Waals surface area contributed by atoms with Crippen molar-refractivity contribution >= 4 is 11.0 Å². The molecule has 0 saturated carbocycles. The zero-order valence-electron chi connectivity index (χ0n) is 16.7. The van der Waals surface area contributed by atoms with Crippen LogP contribution in [0, 0.1) is 0 Å². The second-order valence-electron chi connectivity index (χ2n) is 7.22. The normalized spacial score (nSPS) is 15.8. The highest BCUT2D eigenvalue weighted by Crippen LogP contribution is 2.25. The van der Waals surface area contributed by atoms with Gasteiger partial charge in [-0.25, -0.2) is 4.98 Å². The van der Waals surface area contributed by atoms with Gasteiger partial charge in [0.15, 0.2) is 0 Å². The number of ether oxygens (including phenoxy) is 2. The first-order valence-corrected chi connectivity index (χ1v) is 9.82. The quantitative estimate of drug-likeness (QED) is 0.631. The van der Waals surface area contributed by atoms with Crippen molar-refractivity contribution < 1.29 is 9.47 Å². The first-order valence-electron chi connectivity index (χ1n) is 9.82. The molecule has 0 bridgehead atoms. The van der Waals surface area contributed by atoms with E-state index in [-0.39, 0.29) is 0 Å². The van der Waals surface area contributed by atoms with E-state index in [0.29, 0.717) is 0 Å². The molecule has 6 nitrogen and oxygen atoms in total. The first-order chi connectivity index (χ1) is 13.8. The van der Waals surface area contributed by atoms with E-state index in [1.807, 2.05) is 24.5 Å². The summed E-state index contributed by atoms with van der Waals surface area (Å²) in [5.41, 5.74) is 3.46. The zero-order chi connectivity index (χ0) is 19.3. The lowest BCUT2D eigenvalue weighted by Gasteiger charge is -2.35. The maximum absolute atomic E-state index is 5.52. The molecule has 1 aliphatic heterocycles. The molecule has 4 rings (SSSR count). The highest BCUT2D eigenvalue weighted by atomic mass is 16.5. The van der Waals surface area contributed by atoms with Crippen LogP contribution >= 0.6 is 0 Å². The van der Waals surface area contributed by atoms with Crippen molar-refractivity contribution in [1.82, 2.24) is 19.4 Å². The van der Waals surface area contributed by atoms with Gasteiger partial charge in [-0.2, -0.15) is 0 Å². The molecule has 28 heavy (non-hydrogen) atoms. The van der Waals surface area contributed by atoms with E-state index in [2.05, 4.69) is 43.6 Å². The van der Waals surface area contributed by atoms with Crippen molar-refractivity contribution in [2.45, 2.75) is 13.1 Å². The summed E-state index contributed by atoms with van der Waals surface area (Å²) >= 11 is 0. The lowest BCUT2D eigenvalue weighted by atomic mass is 10.1. The molecule has 0 aliphatic carbocycles. The number of hydrogen-bond donors (Lipinski definition) is 0. The molecule has 0 spiro atoms. The molecule has 6 heteroatoms. The van der Waals surface area contributed by atoms with Crippen molar-refractivity contribution in [3.05, 3.63) is 54.4 Å². The Balaban J connectivity index is 1.30. The number of nitrogens with zero attached hydrogens (tertiary/aromatic N) is 4. The van der Waals surface area contributed by atoms with Crippen LogP contribution in [0.3, 0.4) is 0 Å². The number of benzene rings is 2. The first kappa shape index (κ1) is 18.8. The van der Waals surface area contributed by atoms with Gasteiger partial charge in [0.25, 0.3) is 0 Å². The summed E-state index contributed by atoms with van der Waals surface area (Å²) in [7, 11) is 3.43. The summed E-state index contributed by atoms with van der Waals surface area (Å²) in [6.45, 7) is 7.20. The number of imidazole rings is 1. The molecular weight excluding hydrogens is 352 g/mol. The third-order valence-corrected chi connectivity index (χ3v) is 5.53.